The Morgan fingerprint density at radius 3 is 2.51 bits per heavy atom. The van der Waals surface area contributed by atoms with Gasteiger partial charge in [-0.1, -0.05) is 23.2 Å². The smallest absolute Gasteiger partial charge is 0.225 e. The Labute approximate surface area is 258 Å². The topological polar surface area (TPSA) is 133 Å². The molecule has 4 aromatic rings. The van der Waals surface area contributed by atoms with Crippen LogP contribution in [0.15, 0.2) is 43.0 Å². The average Bonchev–Trinajstić information content (AvgIpc) is 3.58. The first kappa shape index (κ1) is 28.3. The van der Waals surface area contributed by atoms with Gasteiger partial charge in [0, 0.05) is 73.0 Å². The zero-order valence-corrected chi connectivity index (χ0v) is 25.0. The summed E-state index contributed by atoms with van der Waals surface area (Å²) in [7, 11) is 0. The minimum atomic E-state index is -0.899. The molecule has 3 N–H and O–H groups in total. The van der Waals surface area contributed by atoms with Crippen molar-refractivity contribution in [2.45, 2.75) is 62.9 Å². The maximum atomic E-state index is 11.8. The molecule has 3 saturated heterocycles. The number of carbonyl (C=O) groups excluding carboxylic acids is 1. The number of anilines is 1. The molecule has 13 heteroatoms. The first-order valence-electron chi connectivity index (χ1n) is 14.6. The lowest BCUT2D eigenvalue weighted by molar-refractivity contribution is -0.119. The number of nitrogens with two attached hydrogens (primary N) is 1. The third kappa shape index (κ3) is 5.50. The summed E-state index contributed by atoms with van der Waals surface area (Å²) in [5.41, 5.74) is 9.18. The number of nitrogens with one attached hydrogen (secondary N) is 1. The van der Waals surface area contributed by atoms with Crippen LogP contribution in [-0.2, 0) is 9.53 Å². The second kappa shape index (κ2) is 11.5. The van der Waals surface area contributed by atoms with Crippen LogP contribution < -0.4 is 20.7 Å². The van der Waals surface area contributed by atoms with Crippen LogP contribution >= 0.6 is 23.2 Å². The first-order valence-corrected chi connectivity index (χ1v) is 15.4. The molecule has 1 aromatic carbocycles. The van der Waals surface area contributed by atoms with Crippen molar-refractivity contribution >= 4 is 46.0 Å². The van der Waals surface area contributed by atoms with Gasteiger partial charge in [-0.25, -0.2) is 14.6 Å². The largest absolute Gasteiger partial charge is 0.471 e. The van der Waals surface area contributed by atoms with Crippen LogP contribution in [0.25, 0.3) is 22.2 Å². The summed E-state index contributed by atoms with van der Waals surface area (Å²) in [5.74, 6) is 1.36. The molecule has 1 amide bonds. The van der Waals surface area contributed by atoms with Gasteiger partial charge < -0.3 is 19.7 Å². The SMILES string of the molecule is N[C@@H](Oc1ccc2c(c1)c(-c1cnc(N3CCC4(CCC(=O)N4)CC3)nc1)nn2C1CCCCO1)c1c(Cl)cncc1Cl. The van der Waals surface area contributed by atoms with Crippen LogP contribution in [0, 0.1) is 0 Å². The number of rotatable bonds is 6. The number of nitrogens with zero attached hydrogens (tertiary/aromatic N) is 6. The van der Waals surface area contributed by atoms with Gasteiger partial charge >= 0.3 is 0 Å². The molecule has 1 unspecified atom stereocenters. The summed E-state index contributed by atoms with van der Waals surface area (Å²) < 4.78 is 14.1. The monoisotopic (exact) mass is 622 g/mol. The zero-order chi connectivity index (χ0) is 29.6. The van der Waals surface area contributed by atoms with Gasteiger partial charge in [0.1, 0.15) is 11.4 Å². The molecular weight excluding hydrogens is 591 g/mol. The molecule has 0 bridgehead atoms. The molecule has 2 atom stereocenters. The van der Waals surface area contributed by atoms with Gasteiger partial charge in [-0.15, -0.1) is 0 Å². The van der Waals surface area contributed by atoms with Gasteiger partial charge in [-0.3, -0.25) is 15.5 Å². The number of piperidine rings is 1. The van der Waals surface area contributed by atoms with E-state index in [1.165, 1.54) is 12.4 Å². The first-order chi connectivity index (χ1) is 20.9. The number of benzene rings is 1. The Morgan fingerprint density at radius 2 is 1.84 bits per heavy atom. The van der Waals surface area contributed by atoms with Gasteiger partial charge in [-0.05, 0) is 56.7 Å². The van der Waals surface area contributed by atoms with E-state index in [2.05, 4.69) is 15.2 Å². The summed E-state index contributed by atoms with van der Waals surface area (Å²) in [5, 5.41) is 9.72. The number of hydrogen-bond donors (Lipinski definition) is 2. The summed E-state index contributed by atoms with van der Waals surface area (Å²) in [6.07, 6.45) is 11.8. The molecule has 3 fully saturated rings. The summed E-state index contributed by atoms with van der Waals surface area (Å²) in [6.45, 7) is 2.29. The van der Waals surface area contributed by atoms with Crippen LogP contribution in [0.4, 0.5) is 5.95 Å². The Kier molecular flexibility index (Phi) is 7.58. The Morgan fingerprint density at radius 1 is 1.07 bits per heavy atom. The lowest BCUT2D eigenvalue weighted by Crippen LogP contribution is -2.51. The van der Waals surface area contributed by atoms with Crippen LogP contribution in [-0.4, -0.2) is 55.9 Å². The zero-order valence-electron chi connectivity index (χ0n) is 23.5. The van der Waals surface area contributed by atoms with E-state index >= 15 is 0 Å². The van der Waals surface area contributed by atoms with Crippen LogP contribution in [0.5, 0.6) is 5.75 Å². The normalized spacial score (nSPS) is 20.9. The molecule has 43 heavy (non-hydrogen) atoms. The molecule has 224 valence electrons. The maximum absolute atomic E-state index is 11.8. The maximum Gasteiger partial charge on any atom is 0.225 e. The number of hydrogen-bond acceptors (Lipinski definition) is 9. The van der Waals surface area contributed by atoms with Crippen molar-refractivity contribution in [1.29, 1.82) is 0 Å². The molecule has 3 aromatic heterocycles. The van der Waals surface area contributed by atoms with Gasteiger partial charge in [0.15, 0.2) is 12.5 Å². The van der Waals surface area contributed by atoms with Crippen molar-refractivity contribution in [2.75, 3.05) is 24.6 Å². The number of pyridine rings is 1. The molecule has 7 rings (SSSR count). The minimum absolute atomic E-state index is 0.0726. The lowest BCUT2D eigenvalue weighted by atomic mass is 9.86. The van der Waals surface area contributed by atoms with Gasteiger partial charge in [0.25, 0.3) is 0 Å². The van der Waals surface area contributed by atoms with Crippen molar-refractivity contribution in [3.8, 4) is 17.0 Å². The van der Waals surface area contributed by atoms with E-state index in [9.17, 15) is 4.79 Å². The lowest BCUT2D eigenvalue weighted by Gasteiger charge is -2.39. The van der Waals surface area contributed by atoms with Crippen LogP contribution in [0.3, 0.4) is 0 Å². The number of fused-ring (bicyclic) bond motifs is 1. The molecule has 1 spiro atoms. The molecule has 0 radical (unpaired) electrons. The van der Waals surface area contributed by atoms with Gasteiger partial charge in [-0.2, -0.15) is 5.10 Å². The highest BCUT2D eigenvalue weighted by molar-refractivity contribution is 6.35. The van der Waals surface area contributed by atoms with E-state index in [0.717, 1.165) is 73.8 Å². The Hall–Kier alpha value is -3.51. The van der Waals surface area contributed by atoms with Crippen molar-refractivity contribution in [3.63, 3.8) is 0 Å². The fraction of sp³-hybridized carbons (Fsp3) is 0.433. The number of aromatic nitrogens is 5. The van der Waals surface area contributed by atoms with E-state index in [0.29, 0.717) is 40.3 Å². The van der Waals surface area contributed by atoms with E-state index in [-0.39, 0.29) is 17.7 Å². The number of ether oxygens (including phenoxy) is 2. The van der Waals surface area contributed by atoms with Crippen molar-refractivity contribution < 1.29 is 14.3 Å². The third-order valence-corrected chi connectivity index (χ3v) is 9.30. The quantitative estimate of drug-likeness (QED) is 0.279. The van der Waals surface area contributed by atoms with E-state index in [1.807, 2.05) is 35.3 Å². The summed E-state index contributed by atoms with van der Waals surface area (Å²) in [4.78, 5) is 27.4. The third-order valence-electron chi connectivity index (χ3n) is 8.69. The molecule has 6 heterocycles. The standard InChI is InChI=1S/C30H32Cl2N8O3/c31-21-16-34-17-22(32)26(21)28(33)43-19-4-5-23-20(13-19)27(38-40(23)25-3-1-2-12-42-25)18-14-35-29(36-15-18)39-10-8-30(9-11-39)7-6-24(41)37-30/h4-5,13-17,25,28H,1-3,6-12,33H2,(H,37,41)/t25?,28-/m0/s1. The Balaban J connectivity index is 1.18. The van der Waals surface area contributed by atoms with Gasteiger partial charge in [0.05, 0.1) is 15.6 Å². The number of halogens is 2. The van der Waals surface area contributed by atoms with E-state index in [1.54, 1.807) is 0 Å². The van der Waals surface area contributed by atoms with Crippen LogP contribution in [0.2, 0.25) is 10.0 Å². The fourth-order valence-electron chi connectivity index (χ4n) is 6.33. The molecule has 11 nitrogen and oxygen atoms in total. The second-order valence-electron chi connectivity index (χ2n) is 11.4. The van der Waals surface area contributed by atoms with Crippen molar-refractivity contribution in [2.24, 2.45) is 5.73 Å². The van der Waals surface area contributed by atoms with Crippen molar-refractivity contribution in [3.05, 3.63) is 58.6 Å². The summed E-state index contributed by atoms with van der Waals surface area (Å²) in [6, 6.07) is 5.72. The number of amides is 1. The summed E-state index contributed by atoms with van der Waals surface area (Å²) >= 11 is 12.6. The van der Waals surface area contributed by atoms with E-state index in [4.69, 9.17) is 53.5 Å². The molecule has 3 aliphatic rings. The molecular formula is C30H32Cl2N8O3. The molecule has 0 saturated carbocycles. The number of carbonyl (C=O) groups is 1. The van der Waals surface area contributed by atoms with Gasteiger partial charge in [0.2, 0.25) is 11.9 Å². The fourth-order valence-corrected chi connectivity index (χ4v) is 6.91. The van der Waals surface area contributed by atoms with Crippen molar-refractivity contribution in [1.82, 2.24) is 30.0 Å². The highest BCUT2D eigenvalue weighted by Gasteiger charge is 2.40. The molecule has 3 aliphatic heterocycles. The predicted octanol–water partition coefficient (Wildman–Crippen LogP) is 5.18. The molecule has 0 aliphatic carbocycles. The highest BCUT2D eigenvalue weighted by atomic mass is 35.5. The van der Waals surface area contributed by atoms with Crippen LogP contribution in [0.1, 0.15) is 63.0 Å². The second-order valence-corrected chi connectivity index (χ2v) is 12.3. The average molecular weight is 624 g/mol. The Bertz CT molecular complexity index is 1630. The highest BCUT2D eigenvalue weighted by Crippen LogP contribution is 2.37. The van der Waals surface area contributed by atoms with E-state index < -0.39 is 6.23 Å². The predicted molar refractivity (Wildman–Crippen MR) is 163 cm³/mol. The minimum Gasteiger partial charge on any atom is -0.471 e.